The first-order chi connectivity index (χ1) is 14.5. The van der Waals surface area contributed by atoms with Crippen molar-refractivity contribution in [1.29, 1.82) is 0 Å². The van der Waals surface area contributed by atoms with Crippen molar-refractivity contribution in [2.24, 2.45) is 5.41 Å². The van der Waals surface area contributed by atoms with Crippen molar-refractivity contribution in [2.75, 3.05) is 0 Å². The van der Waals surface area contributed by atoms with Gasteiger partial charge in [-0.1, -0.05) is 114 Å². The molecule has 1 fully saturated rings. The highest BCUT2D eigenvalue weighted by atomic mass is 14.5. The van der Waals surface area contributed by atoms with E-state index in [1.165, 1.54) is 68.1 Å². The Kier molecular flexibility index (Phi) is 16.9. The van der Waals surface area contributed by atoms with E-state index in [1.807, 2.05) is 0 Å². The van der Waals surface area contributed by atoms with E-state index in [0.717, 1.165) is 6.42 Å². The van der Waals surface area contributed by atoms with Crippen molar-refractivity contribution in [2.45, 2.75) is 99.3 Å². The minimum Gasteiger partial charge on any atom is -0.0993 e. The van der Waals surface area contributed by atoms with Crippen LogP contribution in [0.2, 0.25) is 0 Å². The zero-order valence-corrected chi connectivity index (χ0v) is 20.8. The molecule has 0 bridgehead atoms. The SMILES string of the molecule is C=C1CC1(CC)CCC.CCC=CCC.C\C=C/C(=C\C=C\C1=CCCC=C1)CC. The molecule has 1 atom stereocenters. The molecule has 0 heteroatoms. The van der Waals surface area contributed by atoms with Gasteiger partial charge in [0.05, 0.1) is 0 Å². The van der Waals surface area contributed by atoms with Gasteiger partial charge >= 0.3 is 0 Å². The van der Waals surface area contributed by atoms with Gasteiger partial charge in [-0.15, -0.1) is 0 Å². The maximum Gasteiger partial charge on any atom is -0.00559 e. The second-order valence-electron chi connectivity index (χ2n) is 8.09. The molecule has 2 aliphatic carbocycles. The Balaban J connectivity index is 0.000000475. The Labute approximate surface area is 188 Å². The van der Waals surface area contributed by atoms with E-state index in [2.05, 4.69) is 109 Å². The first-order valence-electron chi connectivity index (χ1n) is 12.2. The molecule has 0 aromatic heterocycles. The fourth-order valence-corrected chi connectivity index (χ4v) is 3.54. The summed E-state index contributed by atoms with van der Waals surface area (Å²) in [5.74, 6) is 0. The Morgan fingerprint density at radius 1 is 1.07 bits per heavy atom. The molecule has 30 heavy (non-hydrogen) atoms. The Morgan fingerprint density at radius 3 is 2.10 bits per heavy atom. The minimum absolute atomic E-state index is 0.606. The van der Waals surface area contributed by atoms with Crippen molar-refractivity contribution in [3.63, 3.8) is 0 Å². The zero-order chi connectivity index (χ0) is 22.7. The molecule has 0 spiro atoms. The van der Waals surface area contributed by atoms with Crippen molar-refractivity contribution < 1.29 is 0 Å². The molecule has 0 radical (unpaired) electrons. The van der Waals surface area contributed by atoms with Gasteiger partial charge in [-0.05, 0) is 74.9 Å². The maximum absolute atomic E-state index is 4.01. The Morgan fingerprint density at radius 2 is 1.73 bits per heavy atom. The molecule has 0 nitrogen and oxygen atoms in total. The molecule has 0 heterocycles. The third kappa shape index (κ3) is 12.7. The fourth-order valence-electron chi connectivity index (χ4n) is 3.54. The number of hydrogen-bond acceptors (Lipinski definition) is 0. The molecule has 2 rings (SSSR count). The summed E-state index contributed by atoms with van der Waals surface area (Å²) in [5, 5.41) is 0. The topological polar surface area (TPSA) is 0 Å². The second kappa shape index (κ2) is 18.0. The number of rotatable bonds is 9. The highest BCUT2D eigenvalue weighted by Crippen LogP contribution is 2.56. The summed E-state index contributed by atoms with van der Waals surface area (Å²) in [4.78, 5) is 0. The lowest BCUT2D eigenvalue weighted by Gasteiger charge is -2.08. The highest BCUT2D eigenvalue weighted by Gasteiger charge is 2.43. The molecule has 0 saturated heterocycles. The monoisotopic (exact) mass is 408 g/mol. The third-order valence-corrected chi connectivity index (χ3v) is 5.63. The first-order valence-corrected chi connectivity index (χ1v) is 12.2. The maximum atomic E-state index is 4.01. The van der Waals surface area contributed by atoms with Gasteiger partial charge in [0.1, 0.15) is 0 Å². The van der Waals surface area contributed by atoms with Crippen LogP contribution in [0, 0.1) is 5.41 Å². The lowest BCUT2D eigenvalue weighted by Crippen LogP contribution is -1.96. The van der Waals surface area contributed by atoms with Crippen molar-refractivity contribution in [3.05, 3.63) is 84.1 Å². The van der Waals surface area contributed by atoms with Crippen LogP contribution in [-0.2, 0) is 0 Å². The normalized spacial score (nSPS) is 20.8. The smallest absolute Gasteiger partial charge is 0.00559 e. The van der Waals surface area contributed by atoms with Crippen LogP contribution in [-0.4, -0.2) is 0 Å². The van der Waals surface area contributed by atoms with Crippen LogP contribution in [0.5, 0.6) is 0 Å². The molecule has 2 aliphatic rings. The Hall–Kier alpha value is -1.82. The molecule has 0 aromatic carbocycles. The average molecular weight is 409 g/mol. The van der Waals surface area contributed by atoms with Gasteiger partial charge in [0, 0.05) is 0 Å². The molecule has 1 unspecified atom stereocenters. The molecule has 1 saturated carbocycles. The second-order valence-corrected chi connectivity index (χ2v) is 8.09. The van der Waals surface area contributed by atoms with E-state index in [-0.39, 0.29) is 0 Å². The number of allylic oxidation sites excluding steroid dienone is 13. The van der Waals surface area contributed by atoms with Gasteiger partial charge in [-0.3, -0.25) is 0 Å². The average Bonchev–Trinajstić information content (AvgIpc) is 3.43. The quantitative estimate of drug-likeness (QED) is 0.263. The van der Waals surface area contributed by atoms with E-state index in [0.29, 0.717) is 5.41 Å². The third-order valence-electron chi connectivity index (χ3n) is 5.63. The summed E-state index contributed by atoms with van der Waals surface area (Å²) in [6.07, 6.45) is 32.9. The van der Waals surface area contributed by atoms with Gasteiger partial charge in [0.25, 0.3) is 0 Å². The summed E-state index contributed by atoms with van der Waals surface area (Å²) in [6, 6.07) is 0. The van der Waals surface area contributed by atoms with Gasteiger partial charge in [0.15, 0.2) is 0 Å². The van der Waals surface area contributed by atoms with Crippen LogP contribution < -0.4 is 0 Å². The van der Waals surface area contributed by atoms with Crippen molar-refractivity contribution in [3.8, 4) is 0 Å². The summed E-state index contributed by atoms with van der Waals surface area (Å²) in [6.45, 7) is 17.1. The highest BCUT2D eigenvalue weighted by molar-refractivity contribution is 5.35. The van der Waals surface area contributed by atoms with Gasteiger partial charge in [-0.2, -0.15) is 0 Å². The fraction of sp³-hybridized carbons (Fsp3) is 0.533. The van der Waals surface area contributed by atoms with Crippen molar-refractivity contribution in [1.82, 2.24) is 0 Å². The summed E-state index contributed by atoms with van der Waals surface area (Å²) >= 11 is 0. The molecule has 0 amide bonds. The van der Waals surface area contributed by atoms with Gasteiger partial charge in [0.2, 0.25) is 0 Å². The van der Waals surface area contributed by atoms with Crippen LogP contribution in [0.25, 0.3) is 0 Å². The largest absolute Gasteiger partial charge is 0.0993 e. The van der Waals surface area contributed by atoms with Crippen LogP contribution >= 0.6 is 0 Å². The molecule has 0 aliphatic heterocycles. The molecular weight excluding hydrogens is 360 g/mol. The van der Waals surface area contributed by atoms with Gasteiger partial charge in [-0.25, -0.2) is 0 Å². The summed E-state index contributed by atoms with van der Waals surface area (Å²) in [7, 11) is 0. The molecule has 0 N–H and O–H groups in total. The van der Waals surface area contributed by atoms with E-state index < -0.39 is 0 Å². The van der Waals surface area contributed by atoms with E-state index >= 15 is 0 Å². The zero-order valence-electron chi connectivity index (χ0n) is 20.8. The van der Waals surface area contributed by atoms with Crippen LogP contribution in [0.4, 0.5) is 0 Å². The molecular formula is C30H48. The molecule has 0 aromatic rings. The first kappa shape index (κ1) is 28.2. The standard InChI is InChI=1S/C15H20.C9H16.C6H12/c1-3-9-14(4-2)12-8-13-15-10-6-5-7-11-15;1-4-6-9(5-2)7-8(9)3;1-3-5-6-4-2/h3,6,8-13H,4-5,7H2,1-2H3;3-7H2,1-2H3;5-6H,3-4H2,1-2H3/b9-3-,13-8+,14-12-;;. The predicted molar refractivity (Wildman–Crippen MR) is 140 cm³/mol. The Bertz CT molecular complexity index is 627. The lowest BCUT2D eigenvalue weighted by atomic mass is 9.97. The predicted octanol–water partition coefficient (Wildman–Crippen LogP) is 10.2. The van der Waals surface area contributed by atoms with E-state index in [9.17, 15) is 0 Å². The van der Waals surface area contributed by atoms with Gasteiger partial charge < -0.3 is 0 Å². The van der Waals surface area contributed by atoms with E-state index in [1.54, 1.807) is 0 Å². The summed E-state index contributed by atoms with van der Waals surface area (Å²) < 4.78 is 0. The van der Waals surface area contributed by atoms with Crippen LogP contribution in [0.3, 0.4) is 0 Å². The molecule has 168 valence electrons. The van der Waals surface area contributed by atoms with E-state index in [4.69, 9.17) is 0 Å². The van der Waals surface area contributed by atoms with Crippen molar-refractivity contribution >= 4 is 0 Å². The lowest BCUT2D eigenvalue weighted by molar-refractivity contribution is 0.468. The number of hydrogen-bond donors (Lipinski definition) is 0. The summed E-state index contributed by atoms with van der Waals surface area (Å²) in [5.41, 5.74) is 4.80. The van der Waals surface area contributed by atoms with Crippen LogP contribution in [0.1, 0.15) is 99.3 Å². The van der Waals surface area contributed by atoms with Crippen LogP contribution in [0.15, 0.2) is 84.1 Å². The minimum atomic E-state index is 0.606.